The molecule has 0 fully saturated rings. The minimum Gasteiger partial charge on any atom is -0.485 e. The van der Waals surface area contributed by atoms with Crippen LogP contribution in [-0.4, -0.2) is 21.9 Å². The van der Waals surface area contributed by atoms with Crippen LogP contribution in [0.15, 0.2) is 30.3 Å². The number of aromatic nitrogens is 1. The maximum Gasteiger partial charge on any atom is 0.269 e. The van der Waals surface area contributed by atoms with Gasteiger partial charge in [-0.05, 0) is 38.5 Å². The summed E-state index contributed by atoms with van der Waals surface area (Å²) in [7, 11) is 0. The lowest BCUT2D eigenvalue weighted by atomic mass is 10.1. The van der Waals surface area contributed by atoms with Crippen molar-refractivity contribution in [3.05, 3.63) is 57.4 Å². The van der Waals surface area contributed by atoms with Gasteiger partial charge in [0.25, 0.3) is 5.69 Å². The largest absolute Gasteiger partial charge is 0.485 e. The summed E-state index contributed by atoms with van der Waals surface area (Å²) in [6, 6.07) is 7.57. The fourth-order valence-electron chi connectivity index (χ4n) is 2.54. The molecule has 1 heterocycles. The molecule has 2 aromatic rings. The number of Topliss-reactive ketones (excluding diaryl/α,β-unsaturated/α-hetero) is 1. The van der Waals surface area contributed by atoms with Crippen molar-refractivity contribution in [1.29, 1.82) is 0 Å². The van der Waals surface area contributed by atoms with Crippen molar-refractivity contribution in [2.45, 2.75) is 33.7 Å². The lowest BCUT2D eigenvalue weighted by molar-refractivity contribution is -0.384. The molecular weight excluding hydrogens is 296 g/mol. The molecule has 0 saturated carbocycles. The van der Waals surface area contributed by atoms with E-state index in [0.717, 1.165) is 24.4 Å². The molecule has 0 saturated heterocycles. The first-order valence-electron chi connectivity index (χ1n) is 7.51. The third kappa shape index (κ3) is 3.77. The molecule has 2 rings (SSSR count). The molecule has 0 bridgehead atoms. The Morgan fingerprint density at radius 1 is 1.26 bits per heavy atom. The van der Waals surface area contributed by atoms with Crippen LogP contribution < -0.4 is 4.74 Å². The number of ketones is 1. The topological polar surface area (TPSA) is 74.4 Å². The van der Waals surface area contributed by atoms with E-state index >= 15 is 0 Å². The molecule has 1 aromatic carbocycles. The van der Waals surface area contributed by atoms with Crippen LogP contribution in [0, 0.1) is 24.0 Å². The van der Waals surface area contributed by atoms with Gasteiger partial charge >= 0.3 is 0 Å². The molecule has 0 atom stereocenters. The molecule has 6 heteroatoms. The van der Waals surface area contributed by atoms with Crippen LogP contribution in [0.2, 0.25) is 0 Å². The molecule has 23 heavy (non-hydrogen) atoms. The number of hydrogen-bond donors (Lipinski definition) is 0. The first-order chi connectivity index (χ1) is 10.9. The van der Waals surface area contributed by atoms with E-state index in [0.29, 0.717) is 11.3 Å². The van der Waals surface area contributed by atoms with Gasteiger partial charge in [0.2, 0.25) is 5.78 Å². The number of nitrogens with zero attached hydrogens (tertiary/aromatic N) is 2. The van der Waals surface area contributed by atoms with Gasteiger partial charge < -0.3 is 9.30 Å². The predicted octanol–water partition coefficient (Wildman–Crippen LogP) is 3.68. The number of benzene rings is 1. The summed E-state index contributed by atoms with van der Waals surface area (Å²) in [5.41, 5.74) is 2.66. The second kappa shape index (κ2) is 7.09. The van der Waals surface area contributed by atoms with Gasteiger partial charge in [0, 0.05) is 35.6 Å². The molecule has 0 spiro atoms. The molecule has 0 aliphatic rings. The van der Waals surface area contributed by atoms with Gasteiger partial charge in [-0.1, -0.05) is 6.92 Å². The number of aryl methyl sites for hydroxylation is 1. The van der Waals surface area contributed by atoms with Gasteiger partial charge in [0.05, 0.1) is 4.92 Å². The zero-order chi connectivity index (χ0) is 17.0. The van der Waals surface area contributed by atoms with E-state index in [-0.39, 0.29) is 18.1 Å². The standard InChI is InChI=1S/C17H20N2O4/c1-4-9-18-12(2)10-16(13(18)3)17(20)11-23-15-7-5-14(6-8-15)19(21)22/h5-8,10H,4,9,11H2,1-3H3. The van der Waals surface area contributed by atoms with Crippen LogP contribution in [0.1, 0.15) is 35.1 Å². The van der Waals surface area contributed by atoms with Gasteiger partial charge in [-0.3, -0.25) is 14.9 Å². The zero-order valence-corrected chi connectivity index (χ0v) is 13.5. The molecule has 1 aromatic heterocycles. The van der Waals surface area contributed by atoms with Crippen molar-refractivity contribution in [3.8, 4) is 5.75 Å². The van der Waals surface area contributed by atoms with E-state index in [1.807, 2.05) is 19.9 Å². The van der Waals surface area contributed by atoms with Gasteiger partial charge in [0.15, 0.2) is 6.61 Å². The number of rotatable bonds is 7. The highest BCUT2D eigenvalue weighted by molar-refractivity contribution is 5.98. The van der Waals surface area contributed by atoms with Crippen molar-refractivity contribution in [3.63, 3.8) is 0 Å². The highest BCUT2D eigenvalue weighted by atomic mass is 16.6. The Labute approximate surface area is 134 Å². The van der Waals surface area contributed by atoms with Crippen molar-refractivity contribution >= 4 is 11.5 Å². The molecule has 0 unspecified atom stereocenters. The molecule has 0 aliphatic heterocycles. The number of ether oxygens (including phenoxy) is 1. The monoisotopic (exact) mass is 316 g/mol. The van der Waals surface area contributed by atoms with Crippen LogP contribution >= 0.6 is 0 Å². The van der Waals surface area contributed by atoms with E-state index in [9.17, 15) is 14.9 Å². The molecule has 0 aliphatic carbocycles. The SMILES string of the molecule is CCCn1c(C)cc(C(=O)COc2ccc([N+](=O)[O-])cc2)c1C. The summed E-state index contributed by atoms with van der Waals surface area (Å²) >= 11 is 0. The number of carbonyl (C=O) groups is 1. The number of non-ortho nitro benzene ring substituents is 1. The van der Waals surface area contributed by atoms with Gasteiger partial charge in [-0.25, -0.2) is 0 Å². The zero-order valence-electron chi connectivity index (χ0n) is 13.5. The lowest BCUT2D eigenvalue weighted by Gasteiger charge is -2.08. The molecular formula is C17H20N2O4. The second-order valence-corrected chi connectivity index (χ2v) is 5.40. The minimum atomic E-state index is -0.475. The molecule has 0 amide bonds. The van der Waals surface area contributed by atoms with Gasteiger partial charge in [-0.2, -0.15) is 0 Å². The average Bonchev–Trinajstić information content (AvgIpc) is 2.81. The van der Waals surface area contributed by atoms with Crippen molar-refractivity contribution in [2.24, 2.45) is 0 Å². The highest BCUT2D eigenvalue weighted by Crippen LogP contribution is 2.19. The quantitative estimate of drug-likeness (QED) is 0.443. The maximum atomic E-state index is 12.3. The Hall–Kier alpha value is -2.63. The summed E-state index contributed by atoms with van der Waals surface area (Å²) in [5.74, 6) is 0.338. The predicted molar refractivity (Wildman–Crippen MR) is 87.1 cm³/mol. The number of carbonyl (C=O) groups excluding carboxylic acids is 1. The lowest BCUT2D eigenvalue weighted by Crippen LogP contribution is -2.13. The number of nitro groups is 1. The smallest absolute Gasteiger partial charge is 0.269 e. The first-order valence-corrected chi connectivity index (χ1v) is 7.51. The van der Waals surface area contributed by atoms with Crippen LogP contribution in [0.4, 0.5) is 5.69 Å². The summed E-state index contributed by atoms with van der Waals surface area (Å²) < 4.78 is 7.56. The maximum absolute atomic E-state index is 12.3. The van der Waals surface area contributed by atoms with Gasteiger partial charge in [-0.15, -0.1) is 0 Å². The normalized spacial score (nSPS) is 10.6. The second-order valence-electron chi connectivity index (χ2n) is 5.40. The van der Waals surface area contributed by atoms with Crippen molar-refractivity contribution < 1.29 is 14.5 Å². The Morgan fingerprint density at radius 2 is 1.91 bits per heavy atom. The Balaban J connectivity index is 2.05. The number of hydrogen-bond acceptors (Lipinski definition) is 4. The van der Waals surface area contributed by atoms with E-state index in [1.165, 1.54) is 24.3 Å². The van der Waals surface area contributed by atoms with Crippen LogP contribution in [-0.2, 0) is 6.54 Å². The molecule has 0 radical (unpaired) electrons. The van der Waals surface area contributed by atoms with E-state index in [4.69, 9.17) is 4.74 Å². The molecule has 0 N–H and O–H groups in total. The van der Waals surface area contributed by atoms with Crippen LogP contribution in [0.5, 0.6) is 5.75 Å². The molecule has 6 nitrogen and oxygen atoms in total. The van der Waals surface area contributed by atoms with Crippen LogP contribution in [0.3, 0.4) is 0 Å². The highest BCUT2D eigenvalue weighted by Gasteiger charge is 2.16. The summed E-state index contributed by atoms with van der Waals surface area (Å²) in [4.78, 5) is 22.5. The Bertz CT molecular complexity index is 717. The number of nitro benzene ring substituents is 1. The summed E-state index contributed by atoms with van der Waals surface area (Å²) in [6.45, 7) is 6.80. The summed E-state index contributed by atoms with van der Waals surface area (Å²) in [6.07, 6.45) is 1.00. The minimum absolute atomic E-state index is 0.00760. The third-order valence-electron chi connectivity index (χ3n) is 3.74. The van der Waals surface area contributed by atoms with E-state index < -0.39 is 4.92 Å². The van der Waals surface area contributed by atoms with E-state index in [1.54, 1.807) is 0 Å². The molecule has 122 valence electrons. The Kier molecular flexibility index (Phi) is 5.16. The van der Waals surface area contributed by atoms with Crippen LogP contribution in [0.25, 0.3) is 0 Å². The van der Waals surface area contributed by atoms with Crippen molar-refractivity contribution in [1.82, 2.24) is 4.57 Å². The van der Waals surface area contributed by atoms with E-state index in [2.05, 4.69) is 11.5 Å². The Morgan fingerprint density at radius 3 is 2.48 bits per heavy atom. The fraction of sp³-hybridized carbons (Fsp3) is 0.353. The van der Waals surface area contributed by atoms with Crippen molar-refractivity contribution in [2.75, 3.05) is 6.61 Å². The fourth-order valence-corrected chi connectivity index (χ4v) is 2.54. The average molecular weight is 316 g/mol. The summed E-state index contributed by atoms with van der Waals surface area (Å²) in [5, 5.41) is 10.6. The van der Waals surface area contributed by atoms with Gasteiger partial charge in [0.1, 0.15) is 5.75 Å². The first kappa shape index (κ1) is 16.7. The third-order valence-corrected chi connectivity index (χ3v) is 3.74.